The summed E-state index contributed by atoms with van der Waals surface area (Å²) in [6.45, 7) is 0.564. The molecule has 0 amide bonds. The maximum atomic E-state index is 12.9. The predicted molar refractivity (Wildman–Crippen MR) is 61.8 cm³/mol. The second kappa shape index (κ2) is 5.59. The third kappa shape index (κ3) is 3.60. The Morgan fingerprint density at radius 3 is 2.12 bits per heavy atom. The molecule has 0 aromatic heterocycles. The van der Waals surface area contributed by atoms with Crippen molar-refractivity contribution in [3.63, 3.8) is 0 Å². The summed E-state index contributed by atoms with van der Waals surface area (Å²) >= 11 is 0. The zero-order chi connectivity index (χ0) is 12.3. The van der Waals surface area contributed by atoms with Crippen molar-refractivity contribution in [2.75, 3.05) is 6.54 Å². The van der Waals surface area contributed by atoms with Gasteiger partial charge in [0.1, 0.15) is 0 Å². The molecule has 0 saturated heterocycles. The van der Waals surface area contributed by atoms with Crippen LogP contribution in [0.4, 0.5) is 13.2 Å². The van der Waals surface area contributed by atoms with Gasteiger partial charge in [0.25, 0.3) is 0 Å². The topological polar surface area (TPSA) is 12.0 Å². The highest BCUT2D eigenvalue weighted by Crippen LogP contribution is 2.41. The van der Waals surface area contributed by atoms with Gasteiger partial charge in [-0.2, -0.15) is 13.2 Å². The fourth-order valence-electron chi connectivity index (χ4n) is 3.33. The van der Waals surface area contributed by atoms with E-state index in [-0.39, 0.29) is 5.92 Å². The Kier molecular flexibility index (Phi) is 4.34. The second-order valence-corrected chi connectivity index (χ2v) is 5.58. The molecule has 0 heterocycles. The van der Waals surface area contributed by atoms with Crippen LogP contribution in [0.15, 0.2) is 0 Å². The third-order valence-corrected chi connectivity index (χ3v) is 4.35. The first kappa shape index (κ1) is 13.2. The molecular formula is C13H22F3N. The summed E-state index contributed by atoms with van der Waals surface area (Å²) in [5.74, 6) is -1.26. The lowest BCUT2D eigenvalue weighted by Crippen LogP contribution is -2.40. The quantitative estimate of drug-likeness (QED) is 0.800. The highest BCUT2D eigenvalue weighted by molar-refractivity contribution is 4.84. The van der Waals surface area contributed by atoms with Crippen LogP contribution < -0.4 is 5.32 Å². The van der Waals surface area contributed by atoms with E-state index in [1.54, 1.807) is 0 Å². The first-order chi connectivity index (χ1) is 8.07. The summed E-state index contributed by atoms with van der Waals surface area (Å²) in [7, 11) is 0. The lowest BCUT2D eigenvalue weighted by atomic mass is 9.78. The molecule has 0 spiro atoms. The molecular weight excluding hydrogens is 227 g/mol. The summed E-state index contributed by atoms with van der Waals surface area (Å²) in [5.41, 5.74) is 0. The third-order valence-electron chi connectivity index (χ3n) is 4.35. The average Bonchev–Trinajstić information content (AvgIpc) is 2.78. The molecule has 2 fully saturated rings. The van der Waals surface area contributed by atoms with E-state index in [0.717, 1.165) is 32.1 Å². The molecule has 0 aromatic rings. The molecule has 2 atom stereocenters. The van der Waals surface area contributed by atoms with Crippen LogP contribution in [0.1, 0.15) is 51.4 Å². The van der Waals surface area contributed by atoms with Crippen LogP contribution >= 0.6 is 0 Å². The fraction of sp³-hybridized carbons (Fsp3) is 1.00. The van der Waals surface area contributed by atoms with Crippen molar-refractivity contribution in [3.05, 3.63) is 0 Å². The smallest absolute Gasteiger partial charge is 0.314 e. The Labute approximate surface area is 101 Å². The van der Waals surface area contributed by atoms with E-state index in [0.29, 0.717) is 19.0 Å². The number of rotatable bonds is 3. The van der Waals surface area contributed by atoms with Crippen molar-refractivity contribution in [2.45, 2.75) is 63.6 Å². The summed E-state index contributed by atoms with van der Waals surface area (Å²) in [5, 5.41) is 3.35. The molecule has 0 aliphatic heterocycles. The van der Waals surface area contributed by atoms with Crippen molar-refractivity contribution in [3.8, 4) is 0 Å². The van der Waals surface area contributed by atoms with Crippen molar-refractivity contribution in [1.82, 2.24) is 5.32 Å². The van der Waals surface area contributed by atoms with Crippen LogP contribution in [0.3, 0.4) is 0 Å². The molecule has 2 rings (SSSR count). The Morgan fingerprint density at radius 2 is 1.47 bits per heavy atom. The fourth-order valence-corrected chi connectivity index (χ4v) is 3.33. The molecule has 1 N–H and O–H groups in total. The van der Waals surface area contributed by atoms with Gasteiger partial charge in [0.15, 0.2) is 0 Å². The predicted octanol–water partition coefficient (Wildman–Crippen LogP) is 3.89. The monoisotopic (exact) mass is 249 g/mol. The van der Waals surface area contributed by atoms with Crippen molar-refractivity contribution in [2.24, 2.45) is 11.8 Å². The SMILES string of the molecule is FC(F)(F)C1CCCCC1CNC1CCCC1. The molecule has 17 heavy (non-hydrogen) atoms. The molecule has 0 aromatic carbocycles. The zero-order valence-corrected chi connectivity index (χ0v) is 10.2. The van der Waals surface area contributed by atoms with Gasteiger partial charge >= 0.3 is 6.18 Å². The van der Waals surface area contributed by atoms with Crippen molar-refractivity contribution < 1.29 is 13.2 Å². The minimum atomic E-state index is -4.00. The van der Waals surface area contributed by atoms with Crippen LogP contribution in [0, 0.1) is 11.8 Å². The van der Waals surface area contributed by atoms with Gasteiger partial charge in [0, 0.05) is 6.04 Å². The molecule has 2 aliphatic rings. The number of hydrogen-bond donors (Lipinski definition) is 1. The Bertz CT molecular complexity index is 233. The molecule has 0 bridgehead atoms. The molecule has 100 valence electrons. The van der Waals surface area contributed by atoms with E-state index >= 15 is 0 Å². The van der Waals surface area contributed by atoms with Gasteiger partial charge in [0.2, 0.25) is 0 Å². The zero-order valence-electron chi connectivity index (χ0n) is 10.2. The maximum Gasteiger partial charge on any atom is 0.392 e. The van der Waals surface area contributed by atoms with Gasteiger partial charge in [-0.1, -0.05) is 25.7 Å². The van der Waals surface area contributed by atoms with E-state index in [1.807, 2.05) is 0 Å². The highest BCUT2D eigenvalue weighted by atomic mass is 19.4. The van der Waals surface area contributed by atoms with E-state index in [1.165, 1.54) is 12.8 Å². The molecule has 2 aliphatic carbocycles. The van der Waals surface area contributed by atoms with Crippen molar-refractivity contribution >= 4 is 0 Å². The molecule has 2 saturated carbocycles. The molecule has 4 heteroatoms. The molecule has 0 radical (unpaired) electrons. The lowest BCUT2D eigenvalue weighted by Gasteiger charge is -2.33. The Morgan fingerprint density at radius 1 is 0.882 bits per heavy atom. The van der Waals surface area contributed by atoms with Gasteiger partial charge in [-0.15, -0.1) is 0 Å². The first-order valence-electron chi connectivity index (χ1n) is 6.87. The molecule has 2 unspecified atom stereocenters. The van der Waals surface area contributed by atoms with Crippen LogP contribution in [-0.4, -0.2) is 18.8 Å². The summed E-state index contributed by atoms with van der Waals surface area (Å²) in [6, 6.07) is 0.478. The average molecular weight is 249 g/mol. The van der Waals surface area contributed by atoms with Crippen LogP contribution in [0.5, 0.6) is 0 Å². The van der Waals surface area contributed by atoms with Crippen molar-refractivity contribution in [1.29, 1.82) is 0 Å². The Balaban J connectivity index is 1.83. The summed E-state index contributed by atoms with van der Waals surface area (Å²) < 4.78 is 38.6. The normalized spacial score (nSPS) is 31.9. The minimum absolute atomic E-state index is 0.190. The number of nitrogens with one attached hydrogen (secondary N) is 1. The highest BCUT2D eigenvalue weighted by Gasteiger charge is 2.45. The Hall–Kier alpha value is -0.250. The van der Waals surface area contributed by atoms with E-state index < -0.39 is 12.1 Å². The van der Waals surface area contributed by atoms with Gasteiger partial charge in [-0.05, 0) is 38.1 Å². The van der Waals surface area contributed by atoms with E-state index in [4.69, 9.17) is 0 Å². The van der Waals surface area contributed by atoms with E-state index in [9.17, 15) is 13.2 Å². The first-order valence-corrected chi connectivity index (χ1v) is 6.87. The van der Waals surface area contributed by atoms with Gasteiger partial charge in [-0.25, -0.2) is 0 Å². The summed E-state index contributed by atoms with van der Waals surface area (Å²) in [6.07, 6.45) is 3.52. The molecule has 1 nitrogen and oxygen atoms in total. The maximum absolute atomic E-state index is 12.9. The largest absolute Gasteiger partial charge is 0.392 e. The van der Waals surface area contributed by atoms with Gasteiger partial charge in [-0.3, -0.25) is 0 Å². The minimum Gasteiger partial charge on any atom is -0.314 e. The van der Waals surface area contributed by atoms with Crippen LogP contribution in [-0.2, 0) is 0 Å². The second-order valence-electron chi connectivity index (χ2n) is 5.58. The van der Waals surface area contributed by atoms with E-state index in [2.05, 4.69) is 5.32 Å². The standard InChI is InChI=1S/C13H22F3N/c14-13(15,16)12-8-4-1-5-10(12)9-17-11-6-2-3-7-11/h10-12,17H,1-9H2. The van der Waals surface area contributed by atoms with Gasteiger partial charge < -0.3 is 5.32 Å². The van der Waals surface area contributed by atoms with Gasteiger partial charge in [0.05, 0.1) is 5.92 Å². The number of hydrogen-bond acceptors (Lipinski definition) is 1. The number of halogens is 3. The summed E-state index contributed by atoms with van der Waals surface area (Å²) in [4.78, 5) is 0. The number of alkyl halides is 3. The van der Waals surface area contributed by atoms with Crippen LogP contribution in [0.2, 0.25) is 0 Å². The lowest BCUT2D eigenvalue weighted by molar-refractivity contribution is -0.195. The van der Waals surface area contributed by atoms with Crippen LogP contribution in [0.25, 0.3) is 0 Å².